The summed E-state index contributed by atoms with van der Waals surface area (Å²) < 4.78 is 4.84. The van der Waals surface area contributed by atoms with Crippen molar-refractivity contribution in [2.45, 2.75) is 24.8 Å². The molecule has 0 saturated heterocycles. The predicted octanol–water partition coefficient (Wildman–Crippen LogP) is 5.29. The van der Waals surface area contributed by atoms with Crippen LogP contribution in [0.15, 0.2) is 84.0 Å². The largest absolute Gasteiger partial charge is 0.321 e. The Bertz CT molecular complexity index is 1140. The van der Waals surface area contributed by atoms with Crippen molar-refractivity contribution in [2.75, 3.05) is 10.0 Å². The van der Waals surface area contributed by atoms with Crippen LogP contribution < -0.4 is 10.0 Å². The SMILES string of the molecule is CC(C)n1nc(-c2ccccc2)cc1C(=O)Nc1ccc(SNc2ncccn2)cc1. The highest BCUT2D eigenvalue weighted by atomic mass is 32.2. The second-order valence-corrected chi connectivity index (χ2v) is 7.95. The number of amides is 1. The molecule has 0 fully saturated rings. The van der Waals surface area contributed by atoms with Crippen molar-refractivity contribution in [3.8, 4) is 11.3 Å². The third-order valence-corrected chi connectivity index (χ3v) is 5.26. The van der Waals surface area contributed by atoms with Gasteiger partial charge in [-0.2, -0.15) is 5.10 Å². The van der Waals surface area contributed by atoms with Crippen molar-refractivity contribution < 1.29 is 4.79 Å². The zero-order valence-electron chi connectivity index (χ0n) is 17.2. The molecule has 31 heavy (non-hydrogen) atoms. The number of nitrogens with zero attached hydrogens (tertiary/aromatic N) is 4. The lowest BCUT2D eigenvalue weighted by Gasteiger charge is -2.11. The summed E-state index contributed by atoms with van der Waals surface area (Å²) in [6.45, 7) is 4.02. The van der Waals surface area contributed by atoms with Crippen LogP contribution >= 0.6 is 11.9 Å². The number of anilines is 2. The normalized spacial score (nSPS) is 10.8. The summed E-state index contributed by atoms with van der Waals surface area (Å²) in [5, 5.41) is 7.61. The van der Waals surface area contributed by atoms with Crippen molar-refractivity contribution >= 4 is 29.5 Å². The molecule has 0 saturated carbocycles. The number of carbonyl (C=O) groups excluding carboxylic acids is 1. The molecule has 2 heterocycles. The van der Waals surface area contributed by atoms with E-state index < -0.39 is 0 Å². The molecule has 0 spiro atoms. The molecule has 0 unspecified atom stereocenters. The molecule has 0 aliphatic heterocycles. The van der Waals surface area contributed by atoms with Crippen LogP contribution in [0.5, 0.6) is 0 Å². The zero-order valence-corrected chi connectivity index (χ0v) is 18.0. The molecule has 2 N–H and O–H groups in total. The molecule has 2 aromatic carbocycles. The summed E-state index contributed by atoms with van der Waals surface area (Å²) in [7, 11) is 0. The average molecular weight is 431 g/mol. The van der Waals surface area contributed by atoms with Crippen molar-refractivity contribution in [2.24, 2.45) is 0 Å². The van der Waals surface area contributed by atoms with E-state index in [4.69, 9.17) is 0 Å². The molecule has 0 aliphatic rings. The Kier molecular flexibility index (Phi) is 6.28. The van der Waals surface area contributed by atoms with Gasteiger partial charge in [-0.15, -0.1) is 0 Å². The van der Waals surface area contributed by atoms with Gasteiger partial charge >= 0.3 is 0 Å². The Hall–Kier alpha value is -3.65. The molecular weight excluding hydrogens is 408 g/mol. The molecule has 2 aromatic heterocycles. The van der Waals surface area contributed by atoms with Crippen molar-refractivity contribution in [1.82, 2.24) is 19.7 Å². The maximum atomic E-state index is 13.0. The lowest BCUT2D eigenvalue weighted by atomic mass is 10.1. The first-order valence-corrected chi connectivity index (χ1v) is 10.7. The van der Waals surface area contributed by atoms with Crippen LogP contribution in [-0.2, 0) is 0 Å². The topological polar surface area (TPSA) is 84.7 Å². The van der Waals surface area contributed by atoms with Crippen molar-refractivity contribution in [3.63, 3.8) is 0 Å². The molecule has 1 amide bonds. The molecule has 0 radical (unpaired) electrons. The van der Waals surface area contributed by atoms with E-state index in [2.05, 4.69) is 25.1 Å². The Morgan fingerprint density at radius 3 is 2.35 bits per heavy atom. The van der Waals surface area contributed by atoms with Gasteiger partial charge in [0, 0.05) is 34.6 Å². The lowest BCUT2D eigenvalue weighted by molar-refractivity contribution is 0.101. The van der Waals surface area contributed by atoms with Gasteiger partial charge in [0.05, 0.1) is 5.69 Å². The smallest absolute Gasteiger partial charge is 0.273 e. The van der Waals surface area contributed by atoms with Gasteiger partial charge in [-0.05, 0) is 62.2 Å². The molecule has 4 rings (SSSR count). The Morgan fingerprint density at radius 1 is 0.968 bits per heavy atom. The number of benzene rings is 2. The fourth-order valence-corrected chi connectivity index (χ4v) is 3.55. The number of hydrogen-bond donors (Lipinski definition) is 2. The minimum Gasteiger partial charge on any atom is -0.321 e. The molecule has 156 valence electrons. The van der Waals surface area contributed by atoms with Gasteiger partial charge in [-0.3, -0.25) is 14.2 Å². The van der Waals surface area contributed by atoms with E-state index in [1.165, 1.54) is 11.9 Å². The van der Waals surface area contributed by atoms with Gasteiger partial charge in [0.1, 0.15) is 5.69 Å². The summed E-state index contributed by atoms with van der Waals surface area (Å²) >= 11 is 1.40. The van der Waals surface area contributed by atoms with Crippen LogP contribution in [0.25, 0.3) is 11.3 Å². The van der Waals surface area contributed by atoms with E-state index in [9.17, 15) is 4.79 Å². The van der Waals surface area contributed by atoms with Crippen LogP contribution in [0.1, 0.15) is 30.4 Å². The third-order valence-electron chi connectivity index (χ3n) is 4.47. The van der Waals surface area contributed by atoms with E-state index >= 15 is 0 Å². The summed E-state index contributed by atoms with van der Waals surface area (Å²) in [5.41, 5.74) is 2.99. The van der Waals surface area contributed by atoms with E-state index in [1.54, 1.807) is 23.1 Å². The van der Waals surface area contributed by atoms with E-state index in [0.717, 1.165) is 16.2 Å². The minimum atomic E-state index is -0.195. The van der Waals surface area contributed by atoms with Gasteiger partial charge in [-0.25, -0.2) is 9.97 Å². The molecular formula is C23H22N6OS. The monoisotopic (exact) mass is 430 g/mol. The molecule has 0 atom stereocenters. The highest BCUT2D eigenvalue weighted by molar-refractivity contribution is 8.00. The van der Waals surface area contributed by atoms with Gasteiger partial charge in [0.2, 0.25) is 5.95 Å². The standard InChI is InChI=1S/C23H22N6OS/c1-16(2)29-21(15-20(27-29)17-7-4-3-5-8-17)22(30)26-18-9-11-19(12-10-18)31-28-23-24-13-6-14-25-23/h3-16H,1-2H3,(H,26,30)(H,24,25,28). The third kappa shape index (κ3) is 5.10. The first kappa shape index (κ1) is 20.6. The number of aromatic nitrogens is 4. The van der Waals surface area contributed by atoms with Gasteiger partial charge < -0.3 is 5.32 Å². The van der Waals surface area contributed by atoms with Crippen LogP contribution in [0, 0.1) is 0 Å². The lowest BCUT2D eigenvalue weighted by Crippen LogP contribution is -2.18. The Morgan fingerprint density at radius 2 is 1.68 bits per heavy atom. The molecule has 0 bridgehead atoms. The van der Waals surface area contributed by atoms with Gasteiger partial charge in [0.25, 0.3) is 5.91 Å². The maximum Gasteiger partial charge on any atom is 0.273 e. The number of nitrogens with one attached hydrogen (secondary N) is 2. The number of rotatable bonds is 7. The van der Waals surface area contributed by atoms with Crippen molar-refractivity contribution in [3.05, 3.63) is 84.8 Å². The highest BCUT2D eigenvalue weighted by Gasteiger charge is 2.18. The van der Waals surface area contributed by atoms with Gasteiger partial charge in [0.15, 0.2) is 0 Å². The predicted molar refractivity (Wildman–Crippen MR) is 124 cm³/mol. The summed E-state index contributed by atoms with van der Waals surface area (Å²) in [6, 6.07) is 21.1. The Labute approximate surface area is 185 Å². The summed E-state index contributed by atoms with van der Waals surface area (Å²) in [5.74, 6) is 0.348. The number of hydrogen-bond acceptors (Lipinski definition) is 6. The first-order valence-electron chi connectivity index (χ1n) is 9.86. The second-order valence-electron chi connectivity index (χ2n) is 7.07. The second kappa shape index (κ2) is 9.44. The quantitative estimate of drug-likeness (QED) is 0.388. The molecule has 0 aliphatic carbocycles. The van der Waals surface area contributed by atoms with Crippen LogP contribution in [0.3, 0.4) is 0 Å². The first-order chi connectivity index (χ1) is 15.1. The summed E-state index contributed by atoms with van der Waals surface area (Å²) in [4.78, 5) is 22.2. The van der Waals surface area contributed by atoms with Crippen molar-refractivity contribution in [1.29, 1.82) is 0 Å². The fourth-order valence-electron chi connectivity index (χ4n) is 2.97. The maximum absolute atomic E-state index is 13.0. The van der Waals surface area contributed by atoms with Gasteiger partial charge in [-0.1, -0.05) is 30.3 Å². The van der Waals surface area contributed by atoms with Crippen LogP contribution in [0.2, 0.25) is 0 Å². The van der Waals surface area contributed by atoms with Crippen LogP contribution in [-0.4, -0.2) is 25.7 Å². The highest BCUT2D eigenvalue weighted by Crippen LogP contribution is 2.24. The molecule has 4 aromatic rings. The Balaban J connectivity index is 1.46. The summed E-state index contributed by atoms with van der Waals surface area (Å²) in [6.07, 6.45) is 3.36. The fraction of sp³-hybridized carbons (Fsp3) is 0.130. The molecule has 7 nitrogen and oxygen atoms in total. The van der Waals surface area contributed by atoms with E-state index in [-0.39, 0.29) is 11.9 Å². The molecule has 8 heteroatoms. The van der Waals surface area contributed by atoms with Crippen LogP contribution in [0.4, 0.5) is 11.6 Å². The van der Waals surface area contributed by atoms with E-state index in [0.29, 0.717) is 17.3 Å². The average Bonchev–Trinajstić information content (AvgIpc) is 3.26. The van der Waals surface area contributed by atoms with E-state index in [1.807, 2.05) is 74.5 Å². The minimum absolute atomic E-state index is 0.0586. The zero-order chi connectivity index (χ0) is 21.6. The number of carbonyl (C=O) groups is 1.